The van der Waals surface area contributed by atoms with Crippen molar-refractivity contribution in [3.8, 4) is 6.07 Å². The van der Waals surface area contributed by atoms with Crippen molar-refractivity contribution < 1.29 is 9.59 Å². The number of nitriles is 1. The van der Waals surface area contributed by atoms with Crippen LogP contribution in [0.3, 0.4) is 0 Å². The molecule has 0 bridgehead atoms. The van der Waals surface area contributed by atoms with Gasteiger partial charge in [-0.3, -0.25) is 14.5 Å². The van der Waals surface area contributed by atoms with Crippen LogP contribution in [0.2, 0.25) is 5.02 Å². The zero-order valence-corrected chi connectivity index (χ0v) is 16.8. The molecule has 1 saturated carbocycles. The van der Waals surface area contributed by atoms with Gasteiger partial charge in [0.15, 0.2) is 0 Å². The number of nitrogens with zero attached hydrogens (tertiary/aromatic N) is 2. The third kappa shape index (κ3) is 5.46. The minimum Gasteiger partial charge on any atom is -0.345 e. The van der Waals surface area contributed by atoms with E-state index in [1.54, 1.807) is 24.3 Å². The van der Waals surface area contributed by atoms with Crippen molar-refractivity contribution >= 4 is 29.1 Å². The molecule has 28 heavy (non-hydrogen) atoms. The number of hydrogen-bond donors (Lipinski definition) is 2. The minimum absolute atomic E-state index is 0.0367. The Morgan fingerprint density at radius 3 is 2.50 bits per heavy atom. The van der Waals surface area contributed by atoms with E-state index < -0.39 is 11.8 Å². The van der Waals surface area contributed by atoms with E-state index in [-0.39, 0.29) is 6.04 Å². The summed E-state index contributed by atoms with van der Waals surface area (Å²) in [4.78, 5) is 26.8. The molecule has 2 unspecified atom stereocenters. The topological polar surface area (TPSA) is 85.2 Å². The molecule has 0 radical (unpaired) electrons. The van der Waals surface area contributed by atoms with Crippen molar-refractivity contribution in [2.75, 3.05) is 18.4 Å². The second-order valence-corrected chi connectivity index (χ2v) is 8.19. The van der Waals surface area contributed by atoms with Crippen molar-refractivity contribution in [2.24, 2.45) is 5.92 Å². The van der Waals surface area contributed by atoms with Gasteiger partial charge in [0.2, 0.25) is 0 Å². The molecule has 2 amide bonds. The number of halogens is 1. The van der Waals surface area contributed by atoms with Crippen molar-refractivity contribution in [1.82, 2.24) is 10.2 Å². The quantitative estimate of drug-likeness (QED) is 0.597. The van der Waals surface area contributed by atoms with Gasteiger partial charge in [0.05, 0.1) is 12.6 Å². The van der Waals surface area contributed by atoms with E-state index in [4.69, 9.17) is 16.9 Å². The number of nitrogens with one attached hydrogen (secondary N) is 2. The van der Waals surface area contributed by atoms with E-state index in [2.05, 4.69) is 21.6 Å². The fourth-order valence-corrected chi connectivity index (χ4v) is 4.57. The number of anilines is 1. The molecule has 1 aromatic rings. The highest BCUT2D eigenvalue weighted by atomic mass is 35.5. The molecule has 2 atom stereocenters. The molecule has 2 fully saturated rings. The molecule has 1 aliphatic carbocycles. The number of amides is 2. The first kappa shape index (κ1) is 20.6. The number of carbonyl (C=O) groups excluding carboxylic acids is 2. The number of piperidine rings is 1. The first-order chi connectivity index (χ1) is 13.6. The molecule has 1 saturated heterocycles. The summed E-state index contributed by atoms with van der Waals surface area (Å²) in [5.41, 5.74) is 0.536. The summed E-state index contributed by atoms with van der Waals surface area (Å²) in [5, 5.41) is 15.2. The van der Waals surface area contributed by atoms with Crippen molar-refractivity contribution in [3.63, 3.8) is 0 Å². The van der Waals surface area contributed by atoms with Crippen LogP contribution in [0.5, 0.6) is 0 Å². The Hall–Kier alpha value is -2.10. The van der Waals surface area contributed by atoms with Crippen LogP contribution in [0.4, 0.5) is 5.69 Å². The zero-order valence-electron chi connectivity index (χ0n) is 16.0. The molecule has 7 heteroatoms. The molecule has 1 aromatic carbocycles. The Morgan fingerprint density at radius 1 is 1.11 bits per heavy atom. The van der Waals surface area contributed by atoms with Gasteiger partial charge in [0.25, 0.3) is 0 Å². The zero-order chi connectivity index (χ0) is 19.9. The third-order valence-corrected chi connectivity index (χ3v) is 6.12. The monoisotopic (exact) mass is 402 g/mol. The van der Waals surface area contributed by atoms with Gasteiger partial charge < -0.3 is 10.6 Å². The van der Waals surface area contributed by atoms with E-state index >= 15 is 0 Å². The Morgan fingerprint density at radius 2 is 1.82 bits per heavy atom. The minimum atomic E-state index is -0.670. The number of likely N-dealkylation sites (tertiary alicyclic amines) is 1. The number of hydrogen-bond acceptors (Lipinski definition) is 4. The maximum atomic E-state index is 12.4. The van der Waals surface area contributed by atoms with Crippen LogP contribution in [0, 0.1) is 17.2 Å². The Kier molecular flexibility index (Phi) is 7.30. The van der Waals surface area contributed by atoms with Gasteiger partial charge in [0, 0.05) is 29.3 Å². The number of rotatable bonds is 4. The van der Waals surface area contributed by atoms with Crippen LogP contribution < -0.4 is 10.6 Å². The highest BCUT2D eigenvalue weighted by Crippen LogP contribution is 2.33. The molecule has 6 nitrogen and oxygen atoms in total. The molecular formula is C21H27ClN4O2. The molecule has 2 N–H and O–H groups in total. The van der Waals surface area contributed by atoms with Crippen LogP contribution in [-0.4, -0.2) is 41.9 Å². The smallest absolute Gasteiger partial charge is 0.313 e. The molecule has 1 heterocycles. The van der Waals surface area contributed by atoms with Crippen molar-refractivity contribution in [3.05, 3.63) is 29.3 Å². The van der Waals surface area contributed by atoms with E-state index in [0.29, 0.717) is 29.2 Å². The highest BCUT2D eigenvalue weighted by Gasteiger charge is 2.35. The summed E-state index contributed by atoms with van der Waals surface area (Å²) >= 11 is 5.84. The van der Waals surface area contributed by atoms with Crippen LogP contribution in [0.1, 0.15) is 44.9 Å². The van der Waals surface area contributed by atoms with Crippen molar-refractivity contribution in [2.45, 2.75) is 57.0 Å². The molecule has 0 aromatic heterocycles. The van der Waals surface area contributed by atoms with Gasteiger partial charge in [0.1, 0.15) is 0 Å². The molecule has 3 rings (SSSR count). The van der Waals surface area contributed by atoms with E-state index in [0.717, 1.165) is 19.4 Å². The summed E-state index contributed by atoms with van der Waals surface area (Å²) in [7, 11) is 0. The largest absolute Gasteiger partial charge is 0.345 e. The van der Waals surface area contributed by atoms with Gasteiger partial charge in [-0.25, -0.2) is 0 Å². The molecule has 1 aliphatic heterocycles. The first-order valence-electron chi connectivity index (χ1n) is 10.0. The predicted molar refractivity (Wildman–Crippen MR) is 109 cm³/mol. The fraction of sp³-hybridized carbons (Fsp3) is 0.571. The summed E-state index contributed by atoms with van der Waals surface area (Å²) < 4.78 is 0. The lowest BCUT2D eigenvalue weighted by Gasteiger charge is -2.43. The van der Waals surface area contributed by atoms with Gasteiger partial charge in [-0.05, 0) is 55.9 Å². The Labute approximate surface area is 171 Å². The highest BCUT2D eigenvalue weighted by molar-refractivity contribution is 6.39. The van der Waals surface area contributed by atoms with E-state index in [9.17, 15) is 9.59 Å². The number of benzene rings is 1. The fourth-order valence-electron chi connectivity index (χ4n) is 4.45. The first-order valence-corrected chi connectivity index (χ1v) is 10.4. The van der Waals surface area contributed by atoms with Gasteiger partial charge in [-0.2, -0.15) is 5.26 Å². The molecule has 150 valence electrons. The average Bonchev–Trinajstić information content (AvgIpc) is 2.71. The molecular weight excluding hydrogens is 376 g/mol. The normalized spacial score (nSPS) is 23.6. The molecule has 2 aliphatic rings. The summed E-state index contributed by atoms with van der Waals surface area (Å²) in [6, 6.07) is 9.19. The Bertz CT molecular complexity index is 725. The lowest BCUT2D eigenvalue weighted by Crippen LogP contribution is -2.54. The second kappa shape index (κ2) is 9.90. The number of carbonyl (C=O) groups is 2. The van der Waals surface area contributed by atoms with Gasteiger partial charge in [-0.1, -0.05) is 30.9 Å². The van der Waals surface area contributed by atoms with Gasteiger partial charge in [-0.15, -0.1) is 0 Å². The van der Waals surface area contributed by atoms with Crippen LogP contribution in [0.15, 0.2) is 24.3 Å². The maximum Gasteiger partial charge on any atom is 0.313 e. The summed E-state index contributed by atoms with van der Waals surface area (Å²) in [6.07, 6.45) is 7.68. The summed E-state index contributed by atoms with van der Waals surface area (Å²) in [5.74, 6) is -0.711. The maximum absolute atomic E-state index is 12.4. The summed E-state index contributed by atoms with van der Waals surface area (Å²) in [6.45, 7) is 1.21. The SMILES string of the molecule is N#CCN1CCC(NC(=O)C(=O)Nc2ccc(Cl)cc2)CC1C1CCCCC1. The van der Waals surface area contributed by atoms with E-state index in [1.807, 2.05) is 0 Å². The van der Waals surface area contributed by atoms with E-state index in [1.165, 1.54) is 32.1 Å². The van der Waals surface area contributed by atoms with Crippen molar-refractivity contribution in [1.29, 1.82) is 5.26 Å². The standard InChI is InChI=1S/C21H27ClN4O2/c22-16-6-8-17(9-7-16)24-20(27)21(28)25-18-10-12-26(13-11-23)19(14-18)15-4-2-1-3-5-15/h6-9,15,18-19H,1-5,10,12-14H2,(H,24,27)(H,25,28). The Balaban J connectivity index is 1.56. The van der Waals surface area contributed by atoms with Gasteiger partial charge >= 0.3 is 11.8 Å². The average molecular weight is 403 g/mol. The molecule has 0 spiro atoms. The van der Waals surface area contributed by atoms with Crippen LogP contribution in [0.25, 0.3) is 0 Å². The lowest BCUT2D eigenvalue weighted by molar-refractivity contribution is -0.137. The van der Waals surface area contributed by atoms with Crippen LogP contribution >= 0.6 is 11.6 Å². The van der Waals surface area contributed by atoms with Crippen LogP contribution in [-0.2, 0) is 9.59 Å². The third-order valence-electron chi connectivity index (χ3n) is 5.87. The predicted octanol–water partition coefficient (Wildman–Crippen LogP) is 3.33. The lowest BCUT2D eigenvalue weighted by atomic mass is 9.79. The second-order valence-electron chi connectivity index (χ2n) is 7.75.